The van der Waals surface area contributed by atoms with Gasteiger partial charge in [-0.2, -0.15) is 0 Å². The van der Waals surface area contributed by atoms with Crippen molar-refractivity contribution in [3.05, 3.63) is 63.5 Å². The first-order chi connectivity index (χ1) is 15.9. The Bertz CT molecular complexity index is 1140. The Hall–Kier alpha value is -2.24. The van der Waals surface area contributed by atoms with Gasteiger partial charge in [-0.05, 0) is 121 Å². The quantitative estimate of drug-likeness (QED) is 0.440. The number of amides is 2. The summed E-state index contributed by atoms with van der Waals surface area (Å²) >= 11 is 6.94. The van der Waals surface area contributed by atoms with E-state index in [-0.39, 0.29) is 16.6 Å². The standard InChI is InChI=1S/C27H26ClNO3S/c1-32-23-7-2-20(27-13-16-8-17(14-27)10-18(9-16)15-27)11-19(23)12-24-25(30)29(26(31)33-24)22-5-3-21(28)4-6-22/h2-7,11-12,16-18H,8-10,13-15H2,1H3/b24-12-. The predicted molar refractivity (Wildman–Crippen MR) is 133 cm³/mol. The van der Waals surface area contributed by atoms with Crippen LogP contribution in [0.15, 0.2) is 47.4 Å². The first-order valence-corrected chi connectivity index (χ1v) is 12.9. The van der Waals surface area contributed by atoms with Crippen molar-refractivity contribution in [2.45, 2.75) is 43.9 Å². The van der Waals surface area contributed by atoms with Gasteiger partial charge in [0.05, 0.1) is 17.7 Å². The van der Waals surface area contributed by atoms with Crippen molar-refractivity contribution in [2.24, 2.45) is 17.8 Å². The summed E-state index contributed by atoms with van der Waals surface area (Å²) < 4.78 is 5.64. The molecule has 0 radical (unpaired) electrons. The van der Waals surface area contributed by atoms with E-state index in [4.69, 9.17) is 16.3 Å². The lowest BCUT2D eigenvalue weighted by atomic mass is 9.48. The fourth-order valence-electron chi connectivity index (χ4n) is 7.06. The predicted octanol–water partition coefficient (Wildman–Crippen LogP) is 7.06. The van der Waals surface area contributed by atoms with Gasteiger partial charge in [-0.25, -0.2) is 4.90 Å². The Morgan fingerprint density at radius 3 is 2.24 bits per heavy atom. The normalized spacial score (nSPS) is 31.6. The van der Waals surface area contributed by atoms with Crippen LogP contribution in [0.2, 0.25) is 5.02 Å². The minimum atomic E-state index is -0.311. The summed E-state index contributed by atoms with van der Waals surface area (Å²) in [6, 6.07) is 13.2. The molecular formula is C27H26ClNO3S. The fraction of sp³-hybridized carbons (Fsp3) is 0.407. The largest absolute Gasteiger partial charge is 0.496 e. The highest BCUT2D eigenvalue weighted by atomic mass is 35.5. The number of ether oxygens (including phenoxy) is 1. The maximum atomic E-state index is 13.2. The lowest BCUT2D eigenvalue weighted by Crippen LogP contribution is -2.48. The van der Waals surface area contributed by atoms with Crippen LogP contribution in [0.1, 0.15) is 49.7 Å². The van der Waals surface area contributed by atoms with E-state index in [0.717, 1.165) is 40.8 Å². The summed E-state index contributed by atoms with van der Waals surface area (Å²) in [6.45, 7) is 0. The van der Waals surface area contributed by atoms with E-state index in [0.29, 0.717) is 15.6 Å². The number of rotatable bonds is 4. The van der Waals surface area contributed by atoms with Crippen molar-refractivity contribution >= 4 is 46.3 Å². The number of methoxy groups -OCH3 is 1. The number of thioether (sulfide) groups is 1. The third kappa shape index (κ3) is 3.60. The molecule has 4 aliphatic carbocycles. The first-order valence-electron chi connectivity index (χ1n) is 11.7. The van der Waals surface area contributed by atoms with Gasteiger partial charge in [0.25, 0.3) is 11.1 Å². The van der Waals surface area contributed by atoms with Gasteiger partial charge in [0.15, 0.2) is 0 Å². The lowest BCUT2D eigenvalue weighted by Gasteiger charge is -2.57. The van der Waals surface area contributed by atoms with Crippen LogP contribution >= 0.6 is 23.4 Å². The Balaban J connectivity index is 1.35. The molecule has 0 atom stereocenters. The topological polar surface area (TPSA) is 46.6 Å². The van der Waals surface area contributed by atoms with E-state index in [9.17, 15) is 9.59 Å². The molecule has 33 heavy (non-hydrogen) atoms. The summed E-state index contributed by atoms with van der Waals surface area (Å²) in [5.41, 5.74) is 3.02. The van der Waals surface area contributed by atoms with Crippen molar-refractivity contribution in [1.29, 1.82) is 0 Å². The second-order valence-corrected chi connectivity index (χ2v) is 11.6. The average Bonchev–Trinajstić information content (AvgIpc) is 3.06. The summed E-state index contributed by atoms with van der Waals surface area (Å²) in [5.74, 6) is 2.99. The second kappa shape index (κ2) is 7.92. The van der Waals surface area contributed by atoms with Gasteiger partial charge in [-0.15, -0.1) is 0 Å². The van der Waals surface area contributed by atoms with Crippen LogP contribution in [-0.4, -0.2) is 18.3 Å². The molecule has 5 aliphatic rings. The molecule has 1 heterocycles. The number of benzene rings is 2. The monoisotopic (exact) mass is 479 g/mol. The summed E-state index contributed by atoms with van der Waals surface area (Å²) in [6.07, 6.45) is 9.86. The van der Waals surface area contributed by atoms with Crippen molar-refractivity contribution < 1.29 is 14.3 Å². The molecule has 2 aromatic rings. The van der Waals surface area contributed by atoms with Gasteiger partial charge in [0.2, 0.25) is 0 Å². The van der Waals surface area contributed by atoms with Gasteiger partial charge in [-0.1, -0.05) is 17.7 Å². The van der Waals surface area contributed by atoms with Gasteiger partial charge in [-0.3, -0.25) is 9.59 Å². The van der Waals surface area contributed by atoms with Crippen LogP contribution in [0, 0.1) is 17.8 Å². The highest BCUT2D eigenvalue weighted by Crippen LogP contribution is 2.61. The summed E-state index contributed by atoms with van der Waals surface area (Å²) in [7, 11) is 1.65. The number of hydrogen-bond acceptors (Lipinski definition) is 4. The SMILES string of the molecule is COc1ccc(C23CC4CC(CC(C4)C2)C3)cc1/C=C1\SC(=O)N(c2ccc(Cl)cc2)C1=O. The van der Waals surface area contributed by atoms with Gasteiger partial charge in [0.1, 0.15) is 5.75 Å². The lowest BCUT2D eigenvalue weighted by molar-refractivity contribution is -0.113. The van der Waals surface area contributed by atoms with Crippen LogP contribution in [-0.2, 0) is 10.2 Å². The minimum Gasteiger partial charge on any atom is -0.496 e. The van der Waals surface area contributed by atoms with E-state index in [2.05, 4.69) is 12.1 Å². The molecule has 4 saturated carbocycles. The number of anilines is 1. The Morgan fingerprint density at radius 1 is 1.00 bits per heavy atom. The molecule has 1 aliphatic heterocycles. The number of imide groups is 1. The zero-order valence-corrected chi connectivity index (χ0v) is 20.1. The fourth-order valence-corrected chi connectivity index (χ4v) is 8.02. The molecule has 170 valence electrons. The zero-order valence-electron chi connectivity index (χ0n) is 18.6. The maximum Gasteiger partial charge on any atom is 0.298 e. The van der Waals surface area contributed by atoms with Crippen LogP contribution in [0.3, 0.4) is 0 Å². The zero-order chi connectivity index (χ0) is 22.7. The number of carbonyl (C=O) groups is 2. The first kappa shape index (κ1) is 21.3. The molecule has 0 aromatic heterocycles. The molecular weight excluding hydrogens is 454 g/mol. The highest BCUT2D eigenvalue weighted by molar-refractivity contribution is 8.19. The van der Waals surface area contributed by atoms with E-state index in [1.54, 1.807) is 31.4 Å². The van der Waals surface area contributed by atoms with E-state index < -0.39 is 0 Å². The molecule has 5 fully saturated rings. The molecule has 4 bridgehead atoms. The van der Waals surface area contributed by atoms with Crippen molar-refractivity contribution in [1.82, 2.24) is 0 Å². The summed E-state index contributed by atoms with van der Waals surface area (Å²) in [4.78, 5) is 27.5. The number of nitrogens with zero attached hydrogens (tertiary/aromatic N) is 1. The second-order valence-electron chi connectivity index (χ2n) is 10.1. The summed E-state index contributed by atoms with van der Waals surface area (Å²) in [5, 5.41) is 0.261. The Morgan fingerprint density at radius 2 is 1.64 bits per heavy atom. The number of hydrogen-bond donors (Lipinski definition) is 0. The van der Waals surface area contributed by atoms with Crippen molar-refractivity contribution in [3.8, 4) is 5.75 Å². The van der Waals surface area contributed by atoms with Crippen molar-refractivity contribution in [3.63, 3.8) is 0 Å². The molecule has 0 spiro atoms. The third-order valence-corrected chi connectivity index (χ3v) is 9.17. The molecule has 4 nitrogen and oxygen atoms in total. The smallest absolute Gasteiger partial charge is 0.298 e. The molecule has 0 unspecified atom stereocenters. The molecule has 2 aromatic carbocycles. The van der Waals surface area contributed by atoms with Gasteiger partial charge in [0, 0.05) is 10.6 Å². The molecule has 0 N–H and O–H groups in total. The van der Waals surface area contributed by atoms with E-state index >= 15 is 0 Å². The third-order valence-electron chi connectivity index (χ3n) is 8.05. The van der Waals surface area contributed by atoms with E-state index in [1.807, 2.05) is 12.1 Å². The van der Waals surface area contributed by atoms with Gasteiger partial charge >= 0.3 is 0 Å². The van der Waals surface area contributed by atoms with Crippen LogP contribution in [0.4, 0.5) is 10.5 Å². The highest BCUT2D eigenvalue weighted by Gasteiger charge is 2.51. The average molecular weight is 480 g/mol. The number of halogens is 1. The van der Waals surface area contributed by atoms with Crippen LogP contribution in [0.5, 0.6) is 5.75 Å². The number of carbonyl (C=O) groups excluding carboxylic acids is 2. The van der Waals surface area contributed by atoms with Crippen molar-refractivity contribution in [2.75, 3.05) is 12.0 Å². The van der Waals surface area contributed by atoms with E-state index in [1.165, 1.54) is 49.0 Å². The van der Waals surface area contributed by atoms with Gasteiger partial charge < -0.3 is 4.74 Å². The molecule has 7 rings (SSSR count). The molecule has 1 saturated heterocycles. The van der Waals surface area contributed by atoms with Crippen LogP contribution in [0.25, 0.3) is 6.08 Å². The molecule has 6 heteroatoms. The van der Waals surface area contributed by atoms with Crippen LogP contribution < -0.4 is 9.64 Å². The minimum absolute atomic E-state index is 0.256. The molecule has 2 amide bonds. The Kier molecular flexibility index (Phi) is 5.11. The maximum absolute atomic E-state index is 13.2. The Labute approximate surface area is 203 Å².